The maximum absolute atomic E-state index is 10.9. The van der Waals surface area contributed by atoms with Crippen LogP contribution in [0.25, 0.3) is 10.8 Å². The number of carboxylic acids is 1. The third-order valence-electron chi connectivity index (χ3n) is 3.63. The van der Waals surface area contributed by atoms with E-state index in [9.17, 15) is 15.0 Å². The third-order valence-corrected chi connectivity index (χ3v) is 3.63. The first-order valence-electron chi connectivity index (χ1n) is 7.32. The van der Waals surface area contributed by atoms with E-state index in [1.165, 1.54) is 18.2 Å². The molecule has 0 aromatic heterocycles. The Kier molecular flexibility index (Phi) is 4.16. The van der Waals surface area contributed by atoms with Crippen molar-refractivity contribution in [3.8, 4) is 11.5 Å². The molecule has 5 heteroatoms. The van der Waals surface area contributed by atoms with Crippen molar-refractivity contribution in [2.75, 3.05) is 6.54 Å². The van der Waals surface area contributed by atoms with Crippen LogP contribution >= 0.6 is 0 Å². The molecule has 0 radical (unpaired) electrons. The molecule has 0 aliphatic rings. The number of phenolic OH excluding ortho intramolecular Hbond substituents is 2. The van der Waals surface area contributed by atoms with Crippen LogP contribution < -0.4 is 0 Å². The van der Waals surface area contributed by atoms with Gasteiger partial charge >= 0.3 is 5.97 Å². The van der Waals surface area contributed by atoms with Crippen LogP contribution in [0.1, 0.15) is 11.1 Å². The van der Waals surface area contributed by atoms with Crippen molar-refractivity contribution in [2.24, 2.45) is 4.99 Å². The number of phenols is 2. The van der Waals surface area contributed by atoms with E-state index in [-0.39, 0.29) is 11.5 Å². The zero-order valence-electron chi connectivity index (χ0n) is 12.7. The fourth-order valence-corrected chi connectivity index (χ4v) is 2.54. The summed E-state index contributed by atoms with van der Waals surface area (Å²) in [6.45, 7) is -0.414. The van der Waals surface area contributed by atoms with Crippen molar-refractivity contribution in [1.29, 1.82) is 0 Å². The van der Waals surface area contributed by atoms with Crippen LogP contribution in [0, 0.1) is 0 Å². The summed E-state index contributed by atoms with van der Waals surface area (Å²) in [5, 5.41) is 30.5. The Hall–Kier alpha value is -3.34. The van der Waals surface area contributed by atoms with Crippen molar-refractivity contribution in [2.45, 2.75) is 0 Å². The summed E-state index contributed by atoms with van der Waals surface area (Å²) in [5.74, 6) is -1.30. The molecule has 0 spiro atoms. The minimum atomic E-state index is -1.06. The minimum absolute atomic E-state index is 0.0765. The Morgan fingerprint density at radius 2 is 1.67 bits per heavy atom. The Morgan fingerprint density at radius 3 is 2.38 bits per heavy atom. The van der Waals surface area contributed by atoms with E-state index in [0.29, 0.717) is 16.8 Å². The fourth-order valence-electron chi connectivity index (χ4n) is 2.54. The van der Waals surface area contributed by atoms with E-state index >= 15 is 0 Å². The van der Waals surface area contributed by atoms with Crippen LogP contribution in [-0.4, -0.2) is 33.5 Å². The number of hydrogen-bond acceptors (Lipinski definition) is 4. The number of aliphatic carboxylic acids is 1. The number of nitrogens with zero attached hydrogens (tertiary/aromatic N) is 1. The highest BCUT2D eigenvalue weighted by atomic mass is 16.4. The van der Waals surface area contributed by atoms with Crippen molar-refractivity contribution in [3.05, 3.63) is 71.8 Å². The van der Waals surface area contributed by atoms with Gasteiger partial charge in [0.25, 0.3) is 0 Å². The lowest BCUT2D eigenvalue weighted by Gasteiger charge is -2.11. The van der Waals surface area contributed by atoms with Crippen molar-refractivity contribution < 1.29 is 20.1 Å². The van der Waals surface area contributed by atoms with Gasteiger partial charge in [-0.25, -0.2) is 0 Å². The van der Waals surface area contributed by atoms with Crippen LogP contribution in [0.3, 0.4) is 0 Å². The van der Waals surface area contributed by atoms with E-state index in [4.69, 9.17) is 5.11 Å². The molecule has 0 aliphatic carbocycles. The van der Waals surface area contributed by atoms with Gasteiger partial charge in [0.2, 0.25) is 0 Å². The van der Waals surface area contributed by atoms with Gasteiger partial charge in [-0.2, -0.15) is 0 Å². The molecule has 0 saturated carbocycles. The molecule has 5 nitrogen and oxygen atoms in total. The fraction of sp³-hybridized carbons (Fsp3) is 0.0526. The SMILES string of the molecule is O=C(O)CN=C(c1ccc2ccccc2c1)c1ccc(O)cc1O. The van der Waals surface area contributed by atoms with Gasteiger partial charge in [0.05, 0.1) is 5.71 Å². The molecule has 120 valence electrons. The lowest BCUT2D eigenvalue weighted by Crippen LogP contribution is -2.09. The Labute approximate surface area is 138 Å². The Morgan fingerprint density at radius 1 is 0.917 bits per heavy atom. The van der Waals surface area contributed by atoms with E-state index in [2.05, 4.69) is 4.99 Å². The average Bonchev–Trinajstić information content (AvgIpc) is 2.56. The van der Waals surface area contributed by atoms with E-state index in [1.54, 1.807) is 0 Å². The smallest absolute Gasteiger partial charge is 0.325 e. The molecule has 3 aromatic rings. The Bertz CT molecular complexity index is 947. The van der Waals surface area contributed by atoms with Gasteiger partial charge in [0.15, 0.2) is 0 Å². The Balaban J connectivity index is 2.16. The van der Waals surface area contributed by atoms with Crippen LogP contribution in [0.4, 0.5) is 0 Å². The molecular weight excluding hydrogens is 306 g/mol. The van der Waals surface area contributed by atoms with Crippen LogP contribution in [0.15, 0.2) is 65.7 Å². The molecule has 0 amide bonds. The molecule has 0 saturated heterocycles. The van der Waals surface area contributed by atoms with Crippen LogP contribution in [0.2, 0.25) is 0 Å². The number of aromatic hydroxyl groups is 2. The summed E-state index contributed by atoms with van der Waals surface area (Å²) >= 11 is 0. The first-order chi connectivity index (χ1) is 11.5. The van der Waals surface area contributed by atoms with Gasteiger partial charge in [0, 0.05) is 17.2 Å². The highest BCUT2D eigenvalue weighted by molar-refractivity contribution is 6.16. The highest BCUT2D eigenvalue weighted by Gasteiger charge is 2.13. The molecule has 24 heavy (non-hydrogen) atoms. The lowest BCUT2D eigenvalue weighted by molar-refractivity contribution is -0.135. The maximum atomic E-state index is 10.9. The van der Waals surface area contributed by atoms with E-state index in [0.717, 1.165) is 10.8 Å². The van der Waals surface area contributed by atoms with Crippen molar-refractivity contribution >= 4 is 22.5 Å². The number of benzene rings is 3. The first-order valence-corrected chi connectivity index (χ1v) is 7.32. The number of carbonyl (C=O) groups is 1. The lowest BCUT2D eigenvalue weighted by atomic mass is 9.98. The molecule has 0 atom stereocenters. The second-order valence-corrected chi connectivity index (χ2v) is 5.32. The number of hydrogen-bond donors (Lipinski definition) is 3. The number of carboxylic acid groups (broad SMARTS) is 1. The second-order valence-electron chi connectivity index (χ2n) is 5.32. The average molecular weight is 321 g/mol. The van der Waals surface area contributed by atoms with Gasteiger partial charge in [-0.1, -0.05) is 36.4 Å². The van der Waals surface area contributed by atoms with Crippen molar-refractivity contribution in [1.82, 2.24) is 0 Å². The first kappa shape index (κ1) is 15.6. The van der Waals surface area contributed by atoms with Crippen LogP contribution in [0.5, 0.6) is 11.5 Å². The molecule has 0 bridgehead atoms. The molecule has 3 aromatic carbocycles. The summed E-state index contributed by atoms with van der Waals surface area (Å²) in [6.07, 6.45) is 0. The van der Waals surface area contributed by atoms with Gasteiger partial charge in [-0.05, 0) is 29.0 Å². The van der Waals surface area contributed by atoms with Gasteiger partial charge in [0.1, 0.15) is 18.0 Å². The second kappa shape index (κ2) is 6.42. The monoisotopic (exact) mass is 321 g/mol. The zero-order chi connectivity index (χ0) is 17.1. The van der Waals surface area contributed by atoms with E-state index < -0.39 is 12.5 Å². The quantitative estimate of drug-likeness (QED) is 0.644. The van der Waals surface area contributed by atoms with Gasteiger partial charge in [-0.15, -0.1) is 0 Å². The van der Waals surface area contributed by atoms with Crippen LogP contribution in [-0.2, 0) is 4.79 Å². The minimum Gasteiger partial charge on any atom is -0.508 e. The number of fused-ring (bicyclic) bond motifs is 1. The van der Waals surface area contributed by atoms with Gasteiger partial charge < -0.3 is 15.3 Å². The third kappa shape index (κ3) is 3.20. The number of aliphatic imine (C=N–C) groups is 1. The number of rotatable bonds is 4. The van der Waals surface area contributed by atoms with E-state index in [1.807, 2.05) is 42.5 Å². The summed E-state index contributed by atoms with van der Waals surface area (Å²) < 4.78 is 0. The molecule has 0 heterocycles. The summed E-state index contributed by atoms with van der Waals surface area (Å²) in [5.41, 5.74) is 1.42. The standard InChI is InChI=1S/C19H15NO4/c21-15-7-8-16(17(22)10-15)19(20-11-18(23)24)14-6-5-12-3-1-2-4-13(12)9-14/h1-10,21-22H,11H2,(H,23,24). The molecule has 0 fully saturated rings. The topological polar surface area (TPSA) is 90.1 Å². The normalized spacial score (nSPS) is 11.6. The molecular formula is C19H15NO4. The summed E-state index contributed by atoms with van der Waals surface area (Å²) in [7, 11) is 0. The maximum Gasteiger partial charge on any atom is 0.325 e. The largest absolute Gasteiger partial charge is 0.508 e. The van der Waals surface area contributed by atoms with Crippen molar-refractivity contribution in [3.63, 3.8) is 0 Å². The zero-order valence-corrected chi connectivity index (χ0v) is 12.7. The predicted molar refractivity (Wildman–Crippen MR) is 91.9 cm³/mol. The predicted octanol–water partition coefficient (Wildman–Crippen LogP) is 3.17. The molecule has 3 rings (SSSR count). The molecule has 0 aliphatic heterocycles. The molecule has 0 unspecified atom stereocenters. The molecule has 3 N–H and O–H groups in total. The summed E-state index contributed by atoms with van der Waals surface area (Å²) in [6, 6.07) is 17.6. The summed E-state index contributed by atoms with van der Waals surface area (Å²) in [4.78, 5) is 15.0. The highest BCUT2D eigenvalue weighted by Crippen LogP contribution is 2.27. The van der Waals surface area contributed by atoms with Gasteiger partial charge in [-0.3, -0.25) is 9.79 Å².